The zero-order valence-electron chi connectivity index (χ0n) is 15.7. The summed E-state index contributed by atoms with van der Waals surface area (Å²) in [6.45, 7) is 0.520. The van der Waals surface area contributed by atoms with Crippen LogP contribution in [0.5, 0.6) is 0 Å². The number of fused-ring (bicyclic) bond motifs is 1. The molecule has 0 radical (unpaired) electrons. The molecule has 0 fully saturated rings. The molecule has 0 saturated carbocycles. The summed E-state index contributed by atoms with van der Waals surface area (Å²) >= 11 is 6.96. The predicted octanol–water partition coefficient (Wildman–Crippen LogP) is 4.22. The molecule has 1 aliphatic rings. The summed E-state index contributed by atoms with van der Waals surface area (Å²) < 4.78 is 19.7. The molecule has 0 saturated heterocycles. The van der Waals surface area contributed by atoms with Crippen molar-refractivity contribution in [1.29, 1.82) is 0 Å². The van der Waals surface area contributed by atoms with E-state index < -0.39 is 0 Å². The number of thiocarbonyl (C=S) groups is 1. The summed E-state index contributed by atoms with van der Waals surface area (Å²) in [5.41, 5.74) is 3.31. The number of hydrogen-bond acceptors (Lipinski definition) is 5. The van der Waals surface area contributed by atoms with Crippen molar-refractivity contribution in [2.75, 3.05) is 17.7 Å². The highest BCUT2D eigenvalue weighted by atomic mass is 32.1. The highest BCUT2D eigenvalue weighted by Gasteiger charge is 2.27. The summed E-state index contributed by atoms with van der Waals surface area (Å²) in [5, 5.41) is 11.6. The number of halogens is 1. The van der Waals surface area contributed by atoms with Gasteiger partial charge in [-0.1, -0.05) is 12.1 Å². The number of thiophene rings is 1. The first-order chi connectivity index (χ1) is 14.0. The summed E-state index contributed by atoms with van der Waals surface area (Å²) in [4.78, 5) is 13.4. The number of hydrogen-bond donors (Lipinski definition) is 2. The fourth-order valence-electron chi connectivity index (χ4n) is 3.37. The molecule has 0 aliphatic heterocycles. The van der Waals surface area contributed by atoms with Crippen LogP contribution in [0.3, 0.4) is 0 Å². The minimum Gasteiger partial charge on any atom is -0.465 e. The van der Waals surface area contributed by atoms with Gasteiger partial charge in [0.2, 0.25) is 0 Å². The van der Waals surface area contributed by atoms with Crippen LogP contribution in [0.2, 0.25) is 0 Å². The van der Waals surface area contributed by atoms with Crippen molar-refractivity contribution < 1.29 is 13.9 Å². The number of rotatable bonds is 5. The number of anilines is 2. The van der Waals surface area contributed by atoms with Gasteiger partial charge in [0.25, 0.3) is 0 Å². The summed E-state index contributed by atoms with van der Waals surface area (Å²) in [6.07, 6.45) is 6.39. The van der Waals surface area contributed by atoms with Crippen LogP contribution in [0, 0.1) is 5.82 Å². The number of ether oxygens (including phenoxy) is 1. The lowest BCUT2D eigenvalue weighted by Crippen LogP contribution is -2.20. The van der Waals surface area contributed by atoms with E-state index in [9.17, 15) is 9.18 Å². The molecule has 0 bridgehead atoms. The second-order valence-electron chi connectivity index (χ2n) is 6.69. The van der Waals surface area contributed by atoms with Crippen LogP contribution in [-0.2, 0) is 24.1 Å². The maximum atomic E-state index is 13.0. The Morgan fingerprint density at radius 3 is 2.86 bits per heavy atom. The van der Waals surface area contributed by atoms with E-state index in [-0.39, 0.29) is 11.8 Å². The zero-order valence-corrected chi connectivity index (χ0v) is 17.3. The fraction of sp³-hybridized carbons (Fsp3) is 0.250. The van der Waals surface area contributed by atoms with Crippen LogP contribution in [-0.4, -0.2) is 28.0 Å². The molecule has 0 amide bonds. The number of aromatic nitrogens is 2. The molecule has 2 N–H and O–H groups in total. The molecular weight excluding hydrogens is 411 g/mol. The number of nitrogens with one attached hydrogen (secondary N) is 2. The molecule has 0 unspecified atom stereocenters. The summed E-state index contributed by atoms with van der Waals surface area (Å²) in [5.74, 6) is -0.610. The van der Waals surface area contributed by atoms with Crippen LogP contribution >= 0.6 is 23.6 Å². The summed E-state index contributed by atoms with van der Waals surface area (Å²) in [7, 11) is 1.39. The molecule has 0 spiro atoms. The van der Waals surface area contributed by atoms with E-state index in [1.54, 1.807) is 34.3 Å². The van der Waals surface area contributed by atoms with E-state index in [0.717, 1.165) is 30.4 Å². The number of methoxy groups -OCH3 is 1. The number of carbonyl (C=O) groups is 1. The SMILES string of the molecule is COC(=O)c1c(NC(=S)Nc2cnn(Cc3ccc(F)cc3)c2)sc2c1CCC2. The number of esters is 1. The van der Waals surface area contributed by atoms with E-state index >= 15 is 0 Å². The van der Waals surface area contributed by atoms with Crippen LogP contribution in [0.1, 0.15) is 32.8 Å². The molecule has 4 rings (SSSR count). The maximum Gasteiger partial charge on any atom is 0.341 e. The molecule has 1 aliphatic carbocycles. The Balaban J connectivity index is 1.42. The third kappa shape index (κ3) is 4.30. The van der Waals surface area contributed by atoms with E-state index in [1.165, 1.54) is 24.1 Å². The Morgan fingerprint density at radius 1 is 1.31 bits per heavy atom. The third-order valence-corrected chi connectivity index (χ3v) is 6.10. The van der Waals surface area contributed by atoms with Crippen LogP contribution < -0.4 is 10.6 Å². The van der Waals surface area contributed by atoms with Gasteiger partial charge in [0.15, 0.2) is 5.11 Å². The van der Waals surface area contributed by atoms with Gasteiger partial charge in [-0.25, -0.2) is 9.18 Å². The van der Waals surface area contributed by atoms with Crippen LogP contribution in [0.4, 0.5) is 15.1 Å². The standard InChI is InChI=1S/C20H19FN4O2S2/c1-27-19(26)17-15-3-2-4-16(15)29-18(17)24-20(28)23-14-9-22-25(11-14)10-12-5-7-13(21)8-6-12/h5-9,11H,2-4,10H2,1H3,(H2,23,24,28). The topological polar surface area (TPSA) is 68.2 Å². The molecule has 2 heterocycles. The predicted molar refractivity (Wildman–Crippen MR) is 115 cm³/mol. The van der Waals surface area contributed by atoms with Gasteiger partial charge in [0, 0.05) is 11.1 Å². The smallest absolute Gasteiger partial charge is 0.341 e. The second kappa shape index (κ2) is 8.30. The van der Waals surface area contributed by atoms with Gasteiger partial charge in [-0.2, -0.15) is 5.10 Å². The highest BCUT2D eigenvalue weighted by molar-refractivity contribution is 7.80. The van der Waals surface area contributed by atoms with Gasteiger partial charge >= 0.3 is 5.97 Å². The Hall–Kier alpha value is -2.78. The van der Waals surface area contributed by atoms with Gasteiger partial charge in [-0.15, -0.1) is 11.3 Å². The fourth-order valence-corrected chi connectivity index (χ4v) is 4.93. The van der Waals surface area contributed by atoms with E-state index in [0.29, 0.717) is 27.9 Å². The molecular formula is C20H19FN4O2S2. The Bertz CT molecular complexity index is 1060. The monoisotopic (exact) mass is 430 g/mol. The lowest BCUT2D eigenvalue weighted by atomic mass is 10.1. The van der Waals surface area contributed by atoms with Gasteiger partial charge in [0.05, 0.1) is 31.1 Å². The van der Waals surface area contributed by atoms with Gasteiger partial charge < -0.3 is 15.4 Å². The largest absolute Gasteiger partial charge is 0.465 e. The van der Waals surface area contributed by atoms with Crippen molar-refractivity contribution in [1.82, 2.24) is 9.78 Å². The highest BCUT2D eigenvalue weighted by Crippen LogP contribution is 2.39. The number of nitrogens with zero attached hydrogens (tertiary/aromatic N) is 2. The minimum atomic E-state index is -0.346. The van der Waals surface area contributed by atoms with Crippen molar-refractivity contribution in [3.8, 4) is 0 Å². The van der Waals surface area contributed by atoms with E-state index in [4.69, 9.17) is 17.0 Å². The van der Waals surface area contributed by atoms with Crippen molar-refractivity contribution >= 4 is 45.3 Å². The van der Waals surface area contributed by atoms with E-state index in [2.05, 4.69) is 15.7 Å². The maximum absolute atomic E-state index is 13.0. The normalized spacial score (nSPS) is 12.5. The zero-order chi connectivity index (χ0) is 20.4. The molecule has 0 atom stereocenters. The average Bonchev–Trinajstić information content (AvgIpc) is 3.39. The van der Waals surface area contributed by atoms with Crippen LogP contribution in [0.15, 0.2) is 36.7 Å². The number of carbonyl (C=O) groups excluding carboxylic acids is 1. The van der Waals surface area contributed by atoms with Gasteiger partial charge in [-0.3, -0.25) is 4.68 Å². The molecule has 9 heteroatoms. The lowest BCUT2D eigenvalue weighted by Gasteiger charge is -2.10. The minimum absolute atomic E-state index is 0.265. The van der Waals surface area contributed by atoms with E-state index in [1.807, 2.05) is 6.20 Å². The molecule has 1 aromatic carbocycles. The Labute approximate surface area is 176 Å². The molecule has 3 aromatic rings. The van der Waals surface area contributed by atoms with Crippen molar-refractivity contribution in [3.05, 3.63) is 64.0 Å². The molecule has 6 nitrogen and oxygen atoms in total. The van der Waals surface area contributed by atoms with Crippen molar-refractivity contribution in [2.45, 2.75) is 25.8 Å². The Kier molecular flexibility index (Phi) is 5.59. The second-order valence-corrected chi connectivity index (χ2v) is 8.20. The quantitative estimate of drug-likeness (QED) is 0.467. The first-order valence-electron chi connectivity index (χ1n) is 9.11. The van der Waals surface area contributed by atoms with Crippen molar-refractivity contribution in [3.63, 3.8) is 0 Å². The molecule has 29 heavy (non-hydrogen) atoms. The molecule has 150 valence electrons. The first-order valence-corrected chi connectivity index (χ1v) is 10.3. The Morgan fingerprint density at radius 2 is 2.10 bits per heavy atom. The third-order valence-electron chi connectivity index (χ3n) is 4.69. The van der Waals surface area contributed by atoms with Gasteiger partial charge in [0.1, 0.15) is 10.8 Å². The van der Waals surface area contributed by atoms with Crippen molar-refractivity contribution in [2.24, 2.45) is 0 Å². The molecule has 2 aromatic heterocycles. The van der Waals surface area contributed by atoms with Gasteiger partial charge in [-0.05, 0) is 54.7 Å². The number of benzene rings is 1. The van der Waals surface area contributed by atoms with Crippen LogP contribution in [0.25, 0.3) is 0 Å². The lowest BCUT2D eigenvalue weighted by molar-refractivity contribution is 0.0601. The summed E-state index contributed by atoms with van der Waals surface area (Å²) in [6, 6.07) is 6.30. The average molecular weight is 431 g/mol. The number of aryl methyl sites for hydroxylation is 1. The first kappa shape index (κ1) is 19.5.